The number of benzene rings is 3. The largest absolute Gasteiger partial charge is 0.490 e. The van der Waals surface area contributed by atoms with Gasteiger partial charge in [0.15, 0.2) is 22.4 Å². The van der Waals surface area contributed by atoms with Crippen LogP contribution in [0.25, 0.3) is 6.08 Å². The summed E-state index contributed by atoms with van der Waals surface area (Å²) in [5.74, 6) is -0.350. The zero-order valence-corrected chi connectivity index (χ0v) is 22.4. The number of hydrogen-bond donors (Lipinski definition) is 2. The summed E-state index contributed by atoms with van der Waals surface area (Å²) < 4.78 is 11.6. The maximum absolute atomic E-state index is 12.9. The fraction of sp³-hybridized carbons (Fsp3) is 0.143. The summed E-state index contributed by atoms with van der Waals surface area (Å²) in [7, 11) is 0. The second-order valence-corrected chi connectivity index (χ2v) is 9.85. The van der Waals surface area contributed by atoms with Crippen molar-refractivity contribution in [3.05, 3.63) is 94.4 Å². The average Bonchev–Trinajstić information content (AvgIpc) is 3.16. The summed E-state index contributed by atoms with van der Waals surface area (Å²) in [5, 5.41) is 3.86. The first kappa shape index (κ1) is 26.9. The van der Waals surface area contributed by atoms with Gasteiger partial charge in [0.25, 0.3) is 17.7 Å². The maximum Gasteiger partial charge on any atom is 0.285 e. The number of amides is 3. The highest BCUT2D eigenvalue weighted by Crippen LogP contribution is 2.34. The van der Waals surface area contributed by atoms with Gasteiger partial charge in [0.2, 0.25) is 0 Å². The molecule has 0 aromatic heterocycles. The number of aryl methyl sites for hydroxylation is 1. The third-order valence-electron chi connectivity index (χ3n) is 5.27. The molecule has 3 aromatic carbocycles. The first-order chi connectivity index (χ1) is 18.3. The number of rotatable bonds is 9. The normalized spacial score (nSPS) is 13.9. The molecule has 0 aliphatic carbocycles. The minimum atomic E-state index is -0.435. The summed E-state index contributed by atoms with van der Waals surface area (Å²) in [4.78, 5) is 38.1. The van der Waals surface area contributed by atoms with Crippen molar-refractivity contribution in [2.45, 2.75) is 13.8 Å². The van der Waals surface area contributed by atoms with E-state index in [0.29, 0.717) is 39.8 Å². The lowest BCUT2D eigenvalue weighted by molar-refractivity contribution is -0.123. The lowest BCUT2D eigenvalue weighted by Crippen LogP contribution is -2.44. The molecule has 194 valence electrons. The zero-order valence-electron chi connectivity index (χ0n) is 20.7. The van der Waals surface area contributed by atoms with Crippen molar-refractivity contribution in [3.63, 3.8) is 0 Å². The van der Waals surface area contributed by atoms with E-state index in [0.717, 1.165) is 22.3 Å². The number of hydrazine groups is 1. The molecular weight excluding hydrogens is 522 g/mol. The molecule has 1 saturated heterocycles. The molecule has 8 nitrogen and oxygen atoms in total. The van der Waals surface area contributed by atoms with Gasteiger partial charge in [-0.1, -0.05) is 48.2 Å². The van der Waals surface area contributed by atoms with Gasteiger partial charge in [-0.05, 0) is 79.7 Å². The Morgan fingerprint density at radius 2 is 1.79 bits per heavy atom. The molecule has 0 radical (unpaired) electrons. The van der Waals surface area contributed by atoms with E-state index in [1.807, 2.05) is 32.0 Å². The number of hydrogen-bond acceptors (Lipinski definition) is 7. The van der Waals surface area contributed by atoms with Crippen LogP contribution in [0, 0.1) is 6.92 Å². The highest BCUT2D eigenvalue weighted by atomic mass is 32.2. The lowest BCUT2D eigenvalue weighted by Gasteiger charge is -2.15. The Morgan fingerprint density at radius 1 is 1.00 bits per heavy atom. The van der Waals surface area contributed by atoms with Crippen LogP contribution in [-0.2, 0) is 9.59 Å². The number of carbonyl (C=O) groups excluding carboxylic acids is 3. The van der Waals surface area contributed by atoms with Crippen LogP contribution in [0.2, 0.25) is 0 Å². The number of thioether (sulfide) groups is 1. The van der Waals surface area contributed by atoms with E-state index >= 15 is 0 Å². The van der Waals surface area contributed by atoms with E-state index in [1.165, 1.54) is 0 Å². The highest BCUT2D eigenvalue weighted by Gasteiger charge is 2.33. The van der Waals surface area contributed by atoms with Gasteiger partial charge >= 0.3 is 0 Å². The Hall–Kier alpha value is -4.15. The molecule has 0 bridgehead atoms. The van der Waals surface area contributed by atoms with Crippen molar-refractivity contribution in [3.8, 4) is 11.5 Å². The molecule has 0 saturated carbocycles. The van der Waals surface area contributed by atoms with Crippen molar-refractivity contribution in [2.75, 3.05) is 18.5 Å². The van der Waals surface area contributed by atoms with Crippen molar-refractivity contribution in [1.29, 1.82) is 0 Å². The Bertz CT molecular complexity index is 1410. The van der Waals surface area contributed by atoms with Crippen LogP contribution in [0.5, 0.6) is 11.5 Å². The zero-order chi connectivity index (χ0) is 27.1. The second kappa shape index (κ2) is 12.4. The lowest BCUT2D eigenvalue weighted by atomic mass is 10.2. The summed E-state index contributed by atoms with van der Waals surface area (Å²) in [6, 6.07) is 21.2. The minimum absolute atomic E-state index is 0.201. The summed E-state index contributed by atoms with van der Waals surface area (Å²) in [5.41, 5.74) is 5.36. The maximum atomic E-state index is 12.9. The van der Waals surface area contributed by atoms with E-state index in [1.54, 1.807) is 60.7 Å². The summed E-state index contributed by atoms with van der Waals surface area (Å²) in [6.07, 6.45) is 1.66. The molecule has 0 spiro atoms. The quantitative estimate of drug-likeness (QED) is 0.289. The number of thiocarbonyl (C=S) groups is 1. The molecule has 0 unspecified atom stereocenters. The molecule has 1 heterocycles. The SMILES string of the molecule is CCOc1cc(/C=C2/SC(=S)N(NC(=O)c3ccccc3)C2=O)ccc1OCC(=O)Nc1cccc(C)c1. The molecule has 2 N–H and O–H groups in total. The van der Waals surface area contributed by atoms with Gasteiger partial charge in [-0.2, -0.15) is 5.01 Å². The van der Waals surface area contributed by atoms with E-state index in [9.17, 15) is 14.4 Å². The average molecular weight is 548 g/mol. The molecular formula is C28H25N3O5S2. The molecule has 38 heavy (non-hydrogen) atoms. The van der Waals surface area contributed by atoms with Crippen LogP contribution in [0.15, 0.2) is 77.7 Å². The Kier molecular flexibility index (Phi) is 8.77. The van der Waals surface area contributed by atoms with Gasteiger partial charge in [0.1, 0.15) is 0 Å². The molecule has 1 aliphatic heterocycles. The van der Waals surface area contributed by atoms with Crippen LogP contribution in [0.1, 0.15) is 28.4 Å². The monoisotopic (exact) mass is 547 g/mol. The smallest absolute Gasteiger partial charge is 0.285 e. The van der Waals surface area contributed by atoms with E-state index in [4.69, 9.17) is 21.7 Å². The van der Waals surface area contributed by atoms with Gasteiger partial charge in [-0.25, -0.2) is 0 Å². The minimum Gasteiger partial charge on any atom is -0.490 e. The van der Waals surface area contributed by atoms with Gasteiger partial charge in [0.05, 0.1) is 11.5 Å². The topological polar surface area (TPSA) is 97.0 Å². The van der Waals surface area contributed by atoms with Crippen molar-refractivity contribution >= 4 is 57.8 Å². The van der Waals surface area contributed by atoms with E-state index in [-0.39, 0.29) is 16.8 Å². The number of nitrogens with zero attached hydrogens (tertiary/aromatic N) is 1. The number of anilines is 1. The van der Waals surface area contributed by atoms with Crippen LogP contribution in [-0.4, -0.2) is 40.3 Å². The Morgan fingerprint density at radius 3 is 2.53 bits per heavy atom. The standard InChI is InChI=1S/C28H25N3O5S2/c1-3-35-23-15-19(12-13-22(23)36-17-25(32)29-21-11-7-8-18(2)14-21)16-24-27(34)31(28(37)38-24)30-26(33)20-9-5-4-6-10-20/h4-16H,3,17H2,1-2H3,(H,29,32)(H,30,33)/b24-16+. The Balaban J connectivity index is 1.43. The van der Waals surface area contributed by atoms with Gasteiger partial charge < -0.3 is 14.8 Å². The number of ether oxygens (including phenoxy) is 2. The van der Waals surface area contributed by atoms with Crippen molar-refractivity contribution < 1.29 is 23.9 Å². The first-order valence-corrected chi connectivity index (χ1v) is 13.0. The highest BCUT2D eigenvalue weighted by molar-refractivity contribution is 8.26. The molecule has 3 amide bonds. The molecule has 10 heteroatoms. The molecule has 1 fully saturated rings. The van der Waals surface area contributed by atoms with Crippen LogP contribution in [0.4, 0.5) is 5.69 Å². The van der Waals surface area contributed by atoms with Crippen molar-refractivity contribution in [2.24, 2.45) is 0 Å². The number of carbonyl (C=O) groups is 3. The fourth-order valence-corrected chi connectivity index (χ4v) is 4.72. The summed E-state index contributed by atoms with van der Waals surface area (Å²) in [6.45, 7) is 3.96. The van der Waals surface area contributed by atoms with Gasteiger partial charge in [0, 0.05) is 11.3 Å². The van der Waals surface area contributed by atoms with Crippen molar-refractivity contribution in [1.82, 2.24) is 10.4 Å². The number of nitrogens with one attached hydrogen (secondary N) is 2. The van der Waals surface area contributed by atoms with E-state index in [2.05, 4.69) is 10.7 Å². The third kappa shape index (κ3) is 6.78. The molecule has 1 aliphatic rings. The first-order valence-electron chi connectivity index (χ1n) is 11.7. The third-order valence-corrected chi connectivity index (χ3v) is 6.57. The van der Waals surface area contributed by atoms with Gasteiger partial charge in [-0.15, -0.1) is 0 Å². The van der Waals surface area contributed by atoms with E-state index < -0.39 is 11.8 Å². The Labute approximate surface area is 230 Å². The molecule has 4 rings (SSSR count). The van der Waals surface area contributed by atoms with Gasteiger partial charge in [-0.3, -0.25) is 19.8 Å². The predicted octanol–water partition coefficient (Wildman–Crippen LogP) is 4.96. The fourth-order valence-electron chi connectivity index (χ4n) is 3.54. The van der Waals surface area contributed by atoms with Crippen LogP contribution < -0.4 is 20.2 Å². The van der Waals surface area contributed by atoms with Crippen LogP contribution >= 0.6 is 24.0 Å². The summed E-state index contributed by atoms with van der Waals surface area (Å²) >= 11 is 6.39. The second-order valence-electron chi connectivity index (χ2n) is 8.17. The molecule has 3 aromatic rings. The molecule has 0 atom stereocenters. The predicted molar refractivity (Wildman–Crippen MR) is 152 cm³/mol. The van der Waals surface area contributed by atoms with Crippen LogP contribution in [0.3, 0.4) is 0 Å².